The van der Waals surface area contributed by atoms with Gasteiger partial charge in [0.1, 0.15) is 0 Å². The summed E-state index contributed by atoms with van der Waals surface area (Å²) in [4.78, 5) is 25.5. The first kappa shape index (κ1) is 15.3. The smallest absolute Gasteiger partial charge is 0.320 e. The van der Waals surface area contributed by atoms with Gasteiger partial charge in [0, 0.05) is 11.6 Å². The average molecular weight is 283 g/mol. The highest BCUT2D eigenvalue weighted by molar-refractivity contribution is 5.73. The molecule has 0 aromatic carbocycles. The van der Waals surface area contributed by atoms with Gasteiger partial charge in [-0.3, -0.25) is 14.5 Å². The Bertz CT molecular complexity index is 384. The van der Waals surface area contributed by atoms with Gasteiger partial charge in [0.25, 0.3) is 0 Å². The van der Waals surface area contributed by atoms with E-state index in [1.165, 1.54) is 0 Å². The van der Waals surface area contributed by atoms with E-state index in [9.17, 15) is 14.7 Å². The molecule has 2 heterocycles. The largest absolute Gasteiger partial charge is 0.481 e. The Labute approximate surface area is 120 Å². The summed E-state index contributed by atoms with van der Waals surface area (Å²) in [6.07, 6.45) is 5.56. The molecule has 2 fully saturated rings. The lowest BCUT2D eigenvalue weighted by atomic mass is 9.68. The Balaban J connectivity index is 2.22. The molecule has 114 valence electrons. The van der Waals surface area contributed by atoms with Crippen LogP contribution in [0.3, 0.4) is 0 Å². The van der Waals surface area contributed by atoms with Crippen LogP contribution in [-0.2, 0) is 14.3 Å². The van der Waals surface area contributed by atoms with Crippen molar-refractivity contribution < 1.29 is 19.4 Å². The fourth-order valence-electron chi connectivity index (χ4n) is 4.07. The van der Waals surface area contributed by atoms with E-state index >= 15 is 0 Å². The third-order valence-corrected chi connectivity index (χ3v) is 5.12. The van der Waals surface area contributed by atoms with E-state index in [2.05, 4.69) is 11.8 Å². The number of ether oxygens (including phenoxy) is 1. The van der Waals surface area contributed by atoms with Gasteiger partial charge in [-0.2, -0.15) is 0 Å². The summed E-state index contributed by atoms with van der Waals surface area (Å²) in [6.45, 7) is 4.54. The van der Waals surface area contributed by atoms with Crippen molar-refractivity contribution in [2.24, 2.45) is 5.92 Å². The van der Waals surface area contributed by atoms with Gasteiger partial charge in [-0.1, -0.05) is 13.3 Å². The predicted octanol–water partition coefficient (Wildman–Crippen LogP) is 2.05. The zero-order chi connectivity index (χ0) is 14.8. The summed E-state index contributed by atoms with van der Waals surface area (Å²) in [5.41, 5.74) is 0.00162. The summed E-state index contributed by atoms with van der Waals surface area (Å²) in [7, 11) is 0. The van der Waals surface area contributed by atoms with Crippen LogP contribution < -0.4 is 0 Å². The lowest BCUT2D eigenvalue weighted by molar-refractivity contribution is -0.162. The van der Waals surface area contributed by atoms with E-state index in [0.29, 0.717) is 6.61 Å². The van der Waals surface area contributed by atoms with E-state index in [4.69, 9.17) is 4.74 Å². The number of carbonyl (C=O) groups is 2. The highest BCUT2D eigenvalue weighted by atomic mass is 16.5. The fourth-order valence-corrected chi connectivity index (χ4v) is 4.07. The topological polar surface area (TPSA) is 66.8 Å². The molecule has 20 heavy (non-hydrogen) atoms. The standard InChI is InChI=1S/C15H25NO4/c1-3-15-8-5-6-12(11(7-9-15)14(18)19)16(15)10-13(17)20-4-2/h11-12H,3-10H2,1-2H3,(H,18,19). The Kier molecular flexibility index (Phi) is 4.68. The number of carboxylic acids is 1. The van der Waals surface area contributed by atoms with Crippen LogP contribution in [0, 0.1) is 5.92 Å². The van der Waals surface area contributed by atoms with Gasteiger partial charge in [-0.05, 0) is 39.0 Å². The Morgan fingerprint density at radius 2 is 2.05 bits per heavy atom. The van der Waals surface area contributed by atoms with Crippen LogP contribution in [0.1, 0.15) is 52.4 Å². The summed E-state index contributed by atoms with van der Waals surface area (Å²) >= 11 is 0. The molecule has 2 saturated heterocycles. The lowest BCUT2D eigenvalue weighted by Gasteiger charge is -2.56. The van der Waals surface area contributed by atoms with Crippen LogP contribution in [0.25, 0.3) is 0 Å². The molecular formula is C15H25NO4. The number of nitrogens with zero attached hydrogens (tertiary/aromatic N) is 1. The minimum atomic E-state index is -0.726. The Morgan fingerprint density at radius 1 is 1.30 bits per heavy atom. The molecule has 0 saturated carbocycles. The van der Waals surface area contributed by atoms with Gasteiger partial charge in [-0.15, -0.1) is 0 Å². The molecule has 2 aliphatic rings. The Morgan fingerprint density at radius 3 is 2.65 bits per heavy atom. The van der Waals surface area contributed by atoms with E-state index < -0.39 is 5.97 Å². The summed E-state index contributed by atoms with van der Waals surface area (Å²) in [6, 6.07) is -0.0145. The first-order valence-electron chi connectivity index (χ1n) is 7.69. The van der Waals surface area contributed by atoms with E-state index in [1.807, 2.05) is 0 Å². The molecule has 0 radical (unpaired) electrons. The molecule has 2 aliphatic heterocycles. The molecule has 3 atom stereocenters. The number of esters is 1. The maximum atomic E-state index is 11.9. The third-order valence-electron chi connectivity index (χ3n) is 5.12. The second-order valence-corrected chi connectivity index (χ2v) is 5.95. The first-order valence-corrected chi connectivity index (χ1v) is 7.69. The minimum absolute atomic E-state index is 0.00162. The normalized spacial score (nSPS) is 33.7. The first-order chi connectivity index (χ1) is 9.54. The van der Waals surface area contributed by atoms with Gasteiger partial charge in [0.2, 0.25) is 0 Å². The van der Waals surface area contributed by atoms with Gasteiger partial charge in [0.05, 0.1) is 19.1 Å². The predicted molar refractivity (Wildman–Crippen MR) is 74.4 cm³/mol. The molecule has 5 nitrogen and oxygen atoms in total. The highest BCUT2D eigenvalue weighted by Gasteiger charge is 2.51. The van der Waals surface area contributed by atoms with Gasteiger partial charge >= 0.3 is 11.9 Å². The van der Waals surface area contributed by atoms with Crippen LogP contribution in [0.4, 0.5) is 0 Å². The Hall–Kier alpha value is -1.10. The molecule has 3 unspecified atom stereocenters. The molecule has 0 spiro atoms. The number of carboxylic acid groups (broad SMARTS) is 1. The number of rotatable bonds is 5. The molecule has 2 bridgehead atoms. The minimum Gasteiger partial charge on any atom is -0.481 e. The van der Waals surface area contributed by atoms with Crippen LogP contribution in [0.15, 0.2) is 0 Å². The monoisotopic (exact) mass is 283 g/mol. The van der Waals surface area contributed by atoms with Crippen molar-refractivity contribution in [3.63, 3.8) is 0 Å². The summed E-state index contributed by atoms with van der Waals surface area (Å²) < 4.78 is 5.07. The molecule has 1 N–H and O–H groups in total. The molecular weight excluding hydrogens is 258 g/mol. The maximum Gasteiger partial charge on any atom is 0.320 e. The number of hydrogen-bond acceptors (Lipinski definition) is 4. The van der Waals surface area contributed by atoms with E-state index in [0.717, 1.165) is 38.5 Å². The molecule has 0 aromatic rings. The van der Waals surface area contributed by atoms with Crippen molar-refractivity contribution in [1.29, 1.82) is 0 Å². The van der Waals surface area contributed by atoms with Gasteiger partial charge in [-0.25, -0.2) is 0 Å². The quantitative estimate of drug-likeness (QED) is 0.782. The van der Waals surface area contributed by atoms with Gasteiger partial charge in [0.15, 0.2) is 0 Å². The fraction of sp³-hybridized carbons (Fsp3) is 0.867. The molecule has 0 amide bonds. The zero-order valence-electron chi connectivity index (χ0n) is 12.4. The second-order valence-electron chi connectivity index (χ2n) is 5.95. The second kappa shape index (κ2) is 6.12. The summed E-state index contributed by atoms with van der Waals surface area (Å²) in [5, 5.41) is 9.42. The van der Waals surface area contributed by atoms with Crippen molar-refractivity contribution in [2.75, 3.05) is 13.2 Å². The maximum absolute atomic E-state index is 11.9. The third kappa shape index (κ3) is 2.68. The van der Waals surface area contributed by atoms with Gasteiger partial charge < -0.3 is 9.84 Å². The summed E-state index contributed by atoms with van der Waals surface area (Å²) in [5.74, 6) is -1.30. The van der Waals surface area contributed by atoms with Crippen molar-refractivity contribution in [2.45, 2.75) is 64.0 Å². The number of piperidine rings is 2. The van der Waals surface area contributed by atoms with Crippen LogP contribution in [0.5, 0.6) is 0 Å². The number of aliphatic carboxylic acids is 1. The number of hydrogen-bond donors (Lipinski definition) is 1. The van der Waals surface area contributed by atoms with Crippen molar-refractivity contribution in [1.82, 2.24) is 4.90 Å². The van der Waals surface area contributed by atoms with E-state index in [-0.39, 0.29) is 30.0 Å². The lowest BCUT2D eigenvalue weighted by Crippen LogP contribution is -2.64. The number of carbonyl (C=O) groups excluding carboxylic acids is 1. The molecule has 0 aliphatic carbocycles. The highest BCUT2D eigenvalue weighted by Crippen LogP contribution is 2.46. The zero-order valence-corrected chi connectivity index (χ0v) is 12.4. The SMILES string of the molecule is CCOC(=O)CN1C2CCCC1(CC)CCC2C(=O)O. The van der Waals surface area contributed by atoms with E-state index in [1.54, 1.807) is 6.92 Å². The molecule has 2 rings (SSSR count). The van der Waals surface area contributed by atoms with Crippen LogP contribution >= 0.6 is 0 Å². The number of fused-ring (bicyclic) bond motifs is 2. The van der Waals surface area contributed by atoms with Crippen molar-refractivity contribution in [3.8, 4) is 0 Å². The average Bonchev–Trinajstić information content (AvgIpc) is 2.39. The van der Waals surface area contributed by atoms with Crippen molar-refractivity contribution in [3.05, 3.63) is 0 Å². The molecule has 0 aromatic heterocycles. The van der Waals surface area contributed by atoms with Crippen molar-refractivity contribution >= 4 is 11.9 Å². The van der Waals surface area contributed by atoms with Crippen LogP contribution in [0.2, 0.25) is 0 Å². The molecule has 5 heteroatoms. The van der Waals surface area contributed by atoms with Crippen LogP contribution in [-0.4, -0.2) is 46.7 Å².